The van der Waals surface area contributed by atoms with E-state index < -0.39 is 0 Å². The van der Waals surface area contributed by atoms with E-state index >= 15 is 0 Å². The van der Waals surface area contributed by atoms with Crippen LogP contribution >= 0.6 is 0 Å². The third kappa shape index (κ3) is 7.15. The summed E-state index contributed by atoms with van der Waals surface area (Å²) < 4.78 is 0. The van der Waals surface area contributed by atoms with Gasteiger partial charge in [0.2, 0.25) is 11.8 Å². The number of aliphatic imine (C=N–C) groups is 1. The van der Waals surface area contributed by atoms with Gasteiger partial charge in [-0.25, -0.2) is 0 Å². The zero-order valence-electron chi connectivity index (χ0n) is 19.2. The molecule has 0 radical (unpaired) electrons. The molecule has 0 unspecified atom stereocenters. The number of guanidine groups is 1. The highest BCUT2D eigenvalue weighted by molar-refractivity contribution is 5.84. The topological polar surface area (TPSA) is 103 Å². The molecule has 1 aliphatic carbocycles. The molecule has 2 rings (SSSR count). The molecule has 30 heavy (non-hydrogen) atoms. The predicted octanol–water partition coefficient (Wildman–Crippen LogP) is 1.17. The van der Waals surface area contributed by atoms with Gasteiger partial charge >= 0.3 is 0 Å². The quantitative estimate of drug-likeness (QED) is 0.279. The van der Waals surface area contributed by atoms with Crippen LogP contribution in [0.25, 0.3) is 0 Å². The van der Waals surface area contributed by atoms with Crippen LogP contribution in [-0.2, 0) is 9.59 Å². The number of unbranched alkanes of at least 4 members (excludes halogenated alkanes) is 1. The van der Waals surface area contributed by atoms with E-state index in [-0.39, 0.29) is 23.1 Å². The van der Waals surface area contributed by atoms with E-state index in [2.05, 4.69) is 22.5 Å². The minimum Gasteiger partial charge on any atom is -0.369 e. The Kier molecular flexibility index (Phi) is 9.88. The van der Waals surface area contributed by atoms with E-state index in [1.54, 1.807) is 4.90 Å². The lowest BCUT2D eigenvalue weighted by atomic mass is 9.85. The van der Waals surface area contributed by atoms with E-state index in [1.807, 2.05) is 14.1 Å². The molecule has 0 aromatic carbocycles. The lowest BCUT2D eigenvalue weighted by Gasteiger charge is -2.30. The van der Waals surface area contributed by atoms with Gasteiger partial charge in [-0.05, 0) is 65.1 Å². The summed E-state index contributed by atoms with van der Waals surface area (Å²) in [7, 11) is 3.68. The van der Waals surface area contributed by atoms with Crippen LogP contribution in [0.4, 0.5) is 0 Å². The number of rotatable bonds is 10. The maximum atomic E-state index is 12.7. The molecule has 0 spiro atoms. The second-order valence-electron chi connectivity index (χ2n) is 9.03. The van der Waals surface area contributed by atoms with Crippen molar-refractivity contribution >= 4 is 17.8 Å². The van der Waals surface area contributed by atoms with E-state index in [4.69, 9.17) is 10.7 Å². The Morgan fingerprint density at radius 3 is 2.37 bits per heavy atom. The standard InChI is InChI=1S/C22H42N6O2/c1-4-24-21(26-17-22(11-5-6-12-22)20(30)27(2)3)25-13-7-8-14-28-15-9-18(10-16-28)19(23)29/h18H,4-17H2,1-3H3,(H2,23,29)(H2,24,25,26). The fraction of sp³-hybridized carbons (Fsp3) is 0.864. The summed E-state index contributed by atoms with van der Waals surface area (Å²) >= 11 is 0. The molecule has 8 nitrogen and oxygen atoms in total. The van der Waals surface area contributed by atoms with E-state index in [1.165, 1.54) is 0 Å². The van der Waals surface area contributed by atoms with Crippen molar-refractivity contribution < 1.29 is 9.59 Å². The van der Waals surface area contributed by atoms with Crippen LogP contribution in [0.15, 0.2) is 4.99 Å². The van der Waals surface area contributed by atoms with Gasteiger partial charge in [-0.3, -0.25) is 14.6 Å². The smallest absolute Gasteiger partial charge is 0.230 e. The zero-order valence-corrected chi connectivity index (χ0v) is 19.2. The molecule has 0 aromatic rings. The van der Waals surface area contributed by atoms with Crippen molar-refractivity contribution in [3.63, 3.8) is 0 Å². The normalized spacial score (nSPS) is 20.2. The second-order valence-corrected chi connectivity index (χ2v) is 9.03. The Labute approximate surface area is 182 Å². The summed E-state index contributed by atoms with van der Waals surface area (Å²) in [4.78, 5) is 32.9. The number of piperidine rings is 1. The van der Waals surface area contributed by atoms with Crippen LogP contribution in [0, 0.1) is 11.3 Å². The third-order valence-electron chi connectivity index (χ3n) is 6.49. The number of likely N-dealkylation sites (tertiary alicyclic amines) is 1. The highest BCUT2D eigenvalue weighted by atomic mass is 16.2. The average molecular weight is 423 g/mol. The minimum absolute atomic E-state index is 0.0596. The summed E-state index contributed by atoms with van der Waals surface area (Å²) in [6.07, 6.45) is 8.01. The second kappa shape index (κ2) is 12.1. The fourth-order valence-corrected chi connectivity index (χ4v) is 4.65. The summed E-state index contributed by atoms with van der Waals surface area (Å²) in [5.41, 5.74) is 5.07. The first-order valence-corrected chi connectivity index (χ1v) is 11.6. The number of hydrogen-bond acceptors (Lipinski definition) is 4. The lowest BCUT2D eigenvalue weighted by Crippen LogP contribution is -2.43. The maximum Gasteiger partial charge on any atom is 0.230 e. The predicted molar refractivity (Wildman–Crippen MR) is 121 cm³/mol. The van der Waals surface area contributed by atoms with Crippen molar-refractivity contribution in [2.75, 3.05) is 53.4 Å². The van der Waals surface area contributed by atoms with Crippen LogP contribution in [0.5, 0.6) is 0 Å². The number of carbonyl (C=O) groups is 2. The minimum atomic E-state index is -0.330. The summed E-state index contributed by atoms with van der Waals surface area (Å²) in [5.74, 6) is 0.919. The zero-order chi connectivity index (χ0) is 22.0. The Hall–Kier alpha value is -1.83. The van der Waals surface area contributed by atoms with Gasteiger partial charge in [0.1, 0.15) is 0 Å². The molecule has 0 aromatic heterocycles. The number of carbonyl (C=O) groups excluding carboxylic acids is 2. The highest BCUT2D eigenvalue weighted by Crippen LogP contribution is 2.39. The van der Waals surface area contributed by atoms with Crippen molar-refractivity contribution in [3.8, 4) is 0 Å². The monoisotopic (exact) mass is 422 g/mol. The first-order chi connectivity index (χ1) is 14.4. The molecule has 1 aliphatic heterocycles. The van der Waals surface area contributed by atoms with E-state index in [9.17, 15) is 9.59 Å². The van der Waals surface area contributed by atoms with Gasteiger partial charge in [-0.1, -0.05) is 12.8 Å². The van der Waals surface area contributed by atoms with Crippen molar-refractivity contribution in [3.05, 3.63) is 0 Å². The Balaban J connectivity index is 1.73. The largest absolute Gasteiger partial charge is 0.369 e. The van der Waals surface area contributed by atoms with Gasteiger partial charge < -0.3 is 26.2 Å². The average Bonchev–Trinajstić information content (AvgIpc) is 3.21. The van der Waals surface area contributed by atoms with Crippen LogP contribution < -0.4 is 16.4 Å². The van der Waals surface area contributed by atoms with Crippen molar-refractivity contribution in [2.24, 2.45) is 22.1 Å². The molecule has 1 heterocycles. The van der Waals surface area contributed by atoms with Crippen molar-refractivity contribution in [1.82, 2.24) is 20.4 Å². The van der Waals surface area contributed by atoms with E-state index in [0.29, 0.717) is 6.54 Å². The van der Waals surface area contributed by atoms with Gasteiger partial charge in [0.15, 0.2) is 5.96 Å². The maximum absolute atomic E-state index is 12.7. The van der Waals surface area contributed by atoms with Gasteiger partial charge in [-0.15, -0.1) is 0 Å². The Morgan fingerprint density at radius 2 is 1.80 bits per heavy atom. The van der Waals surface area contributed by atoms with Gasteiger partial charge in [0, 0.05) is 33.1 Å². The van der Waals surface area contributed by atoms with Crippen LogP contribution in [0.1, 0.15) is 58.3 Å². The van der Waals surface area contributed by atoms with Crippen molar-refractivity contribution in [1.29, 1.82) is 0 Å². The Morgan fingerprint density at radius 1 is 1.13 bits per heavy atom. The molecule has 2 fully saturated rings. The molecular weight excluding hydrogens is 380 g/mol. The molecule has 1 saturated heterocycles. The molecule has 0 atom stereocenters. The fourth-order valence-electron chi connectivity index (χ4n) is 4.65. The molecular formula is C22H42N6O2. The third-order valence-corrected chi connectivity index (χ3v) is 6.49. The lowest BCUT2D eigenvalue weighted by molar-refractivity contribution is -0.138. The number of primary amides is 1. The first kappa shape index (κ1) is 24.4. The summed E-state index contributed by atoms with van der Waals surface area (Å²) in [6.45, 7) is 7.26. The molecule has 2 amide bonds. The van der Waals surface area contributed by atoms with Crippen LogP contribution in [0.2, 0.25) is 0 Å². The number of nitrogens with two attached hydrogens (primary N) is 1. The van der Waals surface area contributed by atoms with Gasteiger partial charge in [0.05, 0.1) is 12.0 Å². The molecule has 4 N–H and O–H groups in total. The van der Waals surface area contributed by atoms with Crippen LogP contribution in [-0.4, -0.2) is 80.9 Å². The number of nitrogens with zero attached hydrogens (tertiary/aromatic N) is 3. The van der Waals surface area contributed by atoms with E-state index in [0.717, 1.165) is 90.0 Å². The summed E-state index contributed by atoms with van der Waals surface area (Å²) in [5, 5.41) is 6.73. The SMILES string of the molecule is CCNC(=NCC1(C(=O)N(C)C)CCCC1)NCCCCN1CCC(C(N)=O)CC1. The molecule has 8 heteroatoms. The Bertz CT molecular complexity index is 578. The molecule has 0 bridgehead atoms. The van der Waals surface area contributed by atoms with Gasteiger partial charge in [0.25, 0.3) is 0 Å². The number of amides is 2. The van der Waals surface area contributed by atoms with Gasteiger partial charge in [-0.2, -0.15) is 0 Å². The summed E-state index contributed by atoms with van der Waals surface area (Å²) in [6, 6.07) is 0. The molecule has 1 saturated carbocycles. The number of nitrogens with one attached hydrogen (secondary N) is 2. The van der Waals surface area contributed by atoms with Crippen LogP contribution in [0.3, 0.4) is 0 Å². The first-order valence-electron chi connectivity index (χ1n) is 11.6. The number of hydrogen-bond donors (Lipinski definition) is 3. The van der Waals surface area contributed by atoms with Crippen molar-refractivity contribution in [2.45, 2.75) is 58.3 Å². The molecule has 172 valence electrons. The molecule has 2 aliphatic rings. The highest BCUT2D eigenvalue weighted by Gasteiger charge is 2.42.